The Morgan fingerprint density at radius 3 is 2.52 bits per heavy atom. The molecule has 0 unspecified atom stereocenters. The molecule has 0 aromatic heterocycles. The lowest BCUT2D eigenvalue weighted by atomic mass is 10.1. The van der Waals surface area contributed by atoms with E-state index in [0.717, 1.165) is 0 Å². The van der Waals surface area contributed by atoms with Crippen molar-refractivity contribution >= 4 is 39.1 Å². The summed E-state index contributed by atoms with van der Waals surface area (Å²) in [5.74, 6) is -0.268. The molecule has 0 saturated heterocycles. The predicted molar refractivity (Wildman–Crippen MR) is 98.1 cm³/mol. The molecule has 5 N–H and O–H groups in total. The van der Waals surface area contributed by atoms with E-state index in [1.807, 2.05) is 0 Å². The zero-order valence-electron chi connectivity index (χ0n) is 14.0. The highest BCUT2D eigenvalue weighted by molar-refractivity contribution is 7.89. The molecule has 0 fully saturated rings. The first-order chi connectivity index (χ1) is 12.8. The summed E-state index contributed by atoms with van der Waals surface area (Å²) in [5, 5.41) is 6.70. The molecular formula is C16H15N5O5S. The SMILES string of the molecule is CNS(=O)(=O)c1ccc(NN=C2C(=O)Nc3ccc(OC(N)=O)cc32)cc1. The number of primary amides is 1. The summed E-state index contributed by atoms with van der Waals surface area (Å²) in [4.78, 5) is 23.1. The molecule has 1 aliphatic heterocycles. The van der Waals surface area contributed by atoms with Crippen LogP contribution in [-0.4, -0.2) is 33.2 Å². The average molecular weight is 389 g/mol. The van der Waals surface area contributed by atoms with Crippen LogP contribution in [0.3, 0.4) is 0 Å². The van der Waals surface area contributed by atoms with Crippen molar-refractivity contribution in [3.05, 3.63) is 48.0 Å². The fraction of sp³-hybridized carbons (Fsp3) is 0.0625. The summed E-state index contributed by atoms with van der Waals surface area (Å²) < 4.78 is 30.4. The lowest BCUT2D eigenvalue weighted by Gasteiger charge is -2.05. The molecule has 2 aromatic carbocycles. The van der Waals surface area contributed by atoms with Gasteiger partial charge in [0.2, 0.25) is 10.0 Å². The van der Waals surface area contributed by atoms with Gasteiger partial charge in [-0.1, -0.05) is 0 Å². The maximum Gasteiger partial charge on any atom is 0.409 e. The van der Waals surface area contributed by atoms with Gasteiger partial charge in [0.05, 0.1) is 16.3 Å². The largest absolute Gasteiger partial charge is 0.410 e. The van der Waals surface area contributed by atoms with Gasteiger partial charge in [0.1, 0.15) is 5.75 Å². The summed E-state index contributed by atoms with van der Waals surface area (Å²) in [6.45, 7) is 0. The average Bonchev–Trinajstić information content (AvgIpc) is 2.94. The first-order valence-electron chi connectivity index (χ1n) is 7.60. The van der Waals surface area contributed by atoms with Crippen molar-refractivity contribution in [1.29, 1.82) is 0 Å². The van der Waals surface area contributed by atoms with Gasteiger partial charge >= 0.3 is 6.09 Å². The van der Waals surface area contributed by atoms with Gasteiger partial charge < -0.3 is 15.8 Å². The number of nitrogens with zero attached hydrogens (tertiary/aromatic N) is 1. The molecule has 0 atom stereocenters. The van der Waals surface area contributed by atoms with Crippen LogP contribution in [0.5, 0.6) is 5.75 Å². The van der Waals surface area contributed by atoms with Crippen LogP contribution in [0.25, 0.3) is 0 Å². The number of carbonyl (C=O) groups excluding carboxylic acids is 2. The van der Waals surface area contributed by atoms with Crippen LogP contribution in [0, 0.1) is 0 Å². The van der Waals surface area contributed by atoms with Crippen LogP contribution in [0.2, 0.25) is 0 Å². The van der Waals surface area contributed by atoms with Gasteiger partial charge in [-0.05, 0) is 49.5 Å². The molecule has 0 bridgehead atoms. The molecule has 2 aromatic rings. The minimum absolute atomic E-state index is 0.0758. The quantitative estimate of drug-likeness (QED) is 0.556. The Morgan fingerprint density at radius 2 is 1.89 bits per heavy atom. The lowest BCUT2D eigenvalue weighted by Crippen LogP contribution is -2.18. The number of nitrogens with two attached hydrogens (primary N) is 1. The number of fused-ring (bicyclic) bond motifs is 1. The van der Waals surface area contributed by atoms with E-state index >= 15 is 0 Å². The lowest BCUT2D eigenvalue weighted by molar-refractivity contribution is -0.110. The second-order valence-electron chi connectivity index (χ2n) is 5.39. The zero-order valence-corrected chi connectivity index (χ0v) is 14.8. The molecule has 1 heterocycles. The monoisotopic (exact) mass is 389 g/mol. The highest BCUT2D eigenvalue weighted by Gasteiger charge is 2.27. The summed E-state index contributed by atoms with van der Waals surface area (Å²) in [7, 11) is -2.22. The fourth-order valence-corrected chi connectivity index (χ4v) is 3.10. The van der Waals surface area contributed by atoms with Crippen LogP contribution in [-0.2, 0) is 14.8 Å². The van der Waals surface area contributed by atoms with E-state index < -0.39 is 22.0 Å². The van der Waals surface area contributed by atoms with Gasteiger partial charge in [-0.2, -0.15) is 5.10 Å². The first-order valence-corrected chi connectivity index (χ1v) is 9.09. The highest BCUT2D eigenvalue weighted by atomic mass is 32.2. The topological polar surface area (TPSA) is 152 Å². The molecule has 0 saturated carbocycles. The summed E-state index contributed by atoms with van der Waals surface area (Å²) in [6.07, 6.45) is -0.972. The van der Waals surface area contributed by atoms with Crippen LogP contribution < -0.4 is 25.9 Å². The predicted octanol–water partition coefficient (Wildman–Crippen LogP) is 0.820. The van der Waals surface area contributed by atoms with Gasteiger partial charge in [-0.15, -0.1) is 0 Å². The molecule has 10 nitrogen and oxygen atoms in total. The van der Waals surface area contributed by atoms with Gasteiger partial charge in [0.25, 0.3) is 5.91 Å². The summed E-state index contributed by atoms with van der Waals surface area (Å²) in [5.41, 5.74) is 9.17. The van der Waals surface area contributed by atoms with E-state index in [1.165, 1.54) is 43.4 Å². The van der Waals surface area contributed by atoms with Gasteiger partial charge in [0.15, 0.2) is 5.71 Å². The van der Waals surface area contributed by atoms with Crippen LogP contribution in [0.15, 0.2) is 52.5 Å². The van der Waals surface area contributed by atoms with Crippen molar-refractivity contribution < 1.29 is 22.7 Å². The van der Waals surface area contributed by atoms with E-state index in [2.05, 4.69) is 20.6 Å². The molecule has 2 amide bonds. The molecule has 1 aliphatic rings. The molecule has 3 rings (SSSR count). The third-order valence-electron chi connectivity index (χ3n) is 3.66. The van der Waals surface area contributed by atoms with Crippen molar-refractivity contribution in [3.63, 3.8) is 0 Å². The summed E-state index contributed by atoms with van der Waals surface area (Å²) in [6, 6.07) is 10.3. The number of ether oxygens (including phenoxy) is 1. The van der Waals surface area contributed by atoms with Crippen molar-refractivity contribution in [1.82, 2.24) is 4.72 Å². The minimum Gasteiger partial charge on any atom is -0.410 e. The van der Waals surface area contributed by atoms with E-state index in [4.69, 9.17) is 10.5 Å². The number of hydrogen-bond acceptors (Lipinski definition) is 7. The Labute approximate surface area is 154 Å². The number of sulfonamides is 1. The summed E-state index contributed by atoms with van der Waals surface area (Å²) >= 11 is 0. The van der Waals surface area contributed by atoms with E-state index in [9.17, 15) is 18.0 Å². The Hall–Kier alpha value is -3.44. The zero-order chi connectivity index (χ0) is 19.6. The molecule has 0 aliphatic carbocycles. The first kappa shape index (κ1) is 18.4. The van der Waals surface area contributed by atoms with Gasteiger partial charge in [0, 0.05) is 5.56 Å². The van der Waals surface area contributed by atoms with E-state index in [-0.39, 0.29) is 16.4 Å². The molecule has 140 valence electrons. The second-order valence-corrected chi connectivity index (χ2v) is 7.27. The smallest absolute Gasteiger partial charge is 0.409 e. The third-order valence-corrected chi connectivity index (χ3v) is 5.09. The Balaban J connectivity index is 1.84. The number of benzene rings is 2. The standard InChI is InChI=1S/C16H15N5O5S/c1-18-27(24,25)11-5-2-9(3-6-11)20-21-14-12-8-10(26-16(17)23)4-7-13(12)19-15(14)22/h2-8,18,20H,1H3,(H2,17,23)(H,19,21,22). The van der Waals surface area contributed by atoms with Crippen molar-refractivity contribution in [2.45, 2.75) is 4.90 Å². The molecule has 0 spiro atoms. The van der Waals surface area contributed by atoms with Crippen molar-refractivity contribution in [2.24, 2.45) is 10.8 Å². The van der Waals surface area contributed by atoms with Gasteiger partial charge in [-0.25, -0.2) is 17.9 Å². The second kappa shape index (κ2) is 7.05. The molecular weight excluding hydrogens is 374 g/mol. The van der Waals surface area contributed by atoms with Crippen LogP contribution in [0.1, 0.15) is 5.56 Å². The normalized spacial score (nSPS) is 14.6. The number of amides is 2. The number of carbonyl (C=O) groups is 2. The van der Waals surface area contributed by atoms with Crippen LogP contribution >= 0.6 is 0 Å². The molecule has 0 radical (unpaired) electrons. The van der Waals surface area contributed by atoms with Crippen molar-refractivity contribution in [2.75, 3.05) is 17.8 Å². The number of hydrazone groups is 1. The highest BCUT2D eigenvalue weighted by Crippen LogP contribution is 2.28. The fourth-order valence-electron chi connectivity index (χ4n) is 2.37. The number of hydrogen-bond donors (Lipinski definition) is 4. The number of nitrogens with one attached hydrogen (secondary N) is 3. The molecule has 27 heavy (non-hydrogen) atoms. The number of anilines is 2. The Morgan fingerprint density at radius 1 is 1.19 bits per heavy atom. The Kier molecular flexibility index (Phi) is 4.79. The van der Waals surface area contributed by atoms with E-state index in [0.29, 0.717) is 16.9 Å². The minimum atomic E-state index is -3.54. The third kappa shape index (κ3) is 3.88. The molecule has 11 heteroatoms. The maximum absolute atomic E-state index is 12.1. The van der Waals surface area contributed by atoms with Crippen molar-refractivity contribution in [3.8, 4) is 5.75 Å². The van der Waals surface area contributed by atoms with Gasteiger partial charge in [-0.3, -0.25) is 10.2 Å². The van der Waals surface area contributed by atoms with Crippen LogP contribution in [0.4, 0.5) is 16.2 Å². The van der Waals surface area contributed by atoms with E-state index in [1.54, 1.807) is 6.07 Å². The maximum atomic E-state index is 12.1. The Bertz CT molecular complexity index is 1050. The number of rotatable bonds is 5.